The van der Waals surface area contributed by atoms with Gasteiger partial charge in [0.05, 0.1) is 0 Å². The second-order valence-electron chi connectivity index (χ2n) is 15.8. The standard InChI is InChI=1S/C53H37B2N3Si/c1-5-19-38(20-6-1)54-43-27-13-16-30-46(43)57(40-33-35-56-36-34-40)48-37-50-52-53(51(48)54)58(39-21-7-2-8-22-39)47-31-17-14-28-44(47)55(52)45-29-15-18-32-49(45)59(50,41-23-9-3-10-24-41)42-25-11-4-12-26-42/h1-37H. The fourth-order valence-electron chi connectivity index (χ4n) is 10.8. The van der Waals surface area contributed by atoms with Gasteiger partial charge in [-0.15, -0.1) is 0 Å². The van der Waals surface area contributed by atoms with Gasteiger partial charge in [0.15, 0.2) is 8.07 Å². The van der Waals surface area contributed by atoms with E-state index in [0.29, 0.717) is 0 Å². The van der Waals surface area contributed by atoms with E-state index in [9.17, 15) is 0 Å². The number of rotatable bonds is 5. The quantitative estimate of drug-likeness (QED) is 0.220. The average Bonchev–Trinajstić information content (AvgIpc) is 3.32. The van der Waals surface area contributed by atoms with Crippen molar-refractivity contribution in [2.24, 2.45) is 0 Å². The molecule has 0 fully saturated rings. The first-order valence-corrected chi connectivity index (χ1v) is 22.5. The number of fused-ring (bicyclic) bond motifs is 7. The highest BCUT2D eigenvalue weighted by Crippen LogP contribution is 2.42. The van der Waals surface area contributed by atoms with Gasteiger partial charge in [-0.3, -0.25) is 4.98 Å². The van der Waals surface area contributed by atoms with Crippen molar-refractivity contribution in [1.82, 2.24) is 4.98 Å². The fraction of sp³-hybridized carbons (Fsp3) is 0. The summed E-state index contributed by atoms with van der Waals surface area (Å²) in [5.74, 6) is 0. The summed E-state index contributed by atoms with van der Waals surface area (Å²) in [5, 5.41) is 5.66. The molecule has 0 saturated heterocycles. The second-order valence-corrected chi connectivity index (χ2v) is 19.5. The number of aromatic nitrogens is 1. The van der Waals surface area contributed by atoms with E-state index in [1.54, 1.807) is 0 Å². The Morgan fingerprint density at radius 2 is 0.864 bits per heavy atom. The molecule has 0 amide bonds. The Bertz CT molecular complexity index is 2980. The first-order chi connectivity index (χ1) is 29.3. The van der Waals surface area contributed by atoms with E-state index in [1.165, 1.54) is 76.3 Å². The third-order valence-electron chi connectivity index (χ3n) is 12.9. The molecule has 3 nitrogen and oxygen atoms in total. The van der Waals surface area contributed by atoms with Crippen LogP contribution in [0.3, 0.4) is 0 Å². The Kier molecular flexibility index (Phi) is 7.75. The van der Waals surface area contributed by atoms with Crippen LogP contribution in [0.25, 0.3) is 0 Å². The van der Waals surface area contributed by atoms with Gasteiger partial charge < -0.3 is 9.80 Å². The van der Waals surface area contributed by atoms with Gasteiger partial charge in [0, 0.05) is 46.5 Å². The molecule has 59 heavy (non-hydrogen) atoms. The van der Waals surface area contributed by atoms with Crippen molar-refractivity contribution in [3.05, 3.63) is 225 Å². The molecule has 0 spiro atoms. The van der Waals surface area contributed by atoms with E-state index in [-0.39, 0.29) is 13.4 Å². The van der Waals surface area contributed by atoms with Crippen molar-refractivity contribution in [3.8, 4) is 0 Å². The van der Waals surface area contributed by atoms with Gasteiger partial charge in [-0.05, 0) is 85.1 Å². The molecule has 1 aromatic heterocycles. The van der Waals surface area contributed by atoms with Gasteiger partial charge in [-0.2, -0.15) is 0 Å². The van der Waals surface area contributed by atoms with Crippen molar-refractivity contribution in [3.63, 3.8) is 0 Å². The molecule has 12 rings (SSSR count). The number of para-hydroxylation sites is 3. The molecule has 6 heteroatoms. The van der Waals surface area contributed by atoms with Crippen LogP contribution in [0, 0.1) is 0 Å². The van der Waals surface area contributed by atoms with Gasteiger partial charge in [0.1, 0.15) is 0 Å². The van der Waals surface area contributed by atoms with Crippen molar-refractivity contribution < 1.29 is 0 Å². The molecule has 0 radical (unpaired) electrons. The number of hydrogen-bond donors (Lipinski definition) is 0. The normalized spacial score (nSPS) is 14.1. The molecular weight excluding hydrogens is 728 g/mol. The monoisotopic (exact) mass is 765 g/mol. The average molecular weight is 766 g/mol. The summed E-state index contributed by atoms with van der Waals surface area (Å²) >= 11 is 0. The lowest BCUT2D eigenvalue weighted by molar-refractivity contribution is 1.24. The molecule has 0 bridgehead atoms. The number of pyridine rings is 1. The summed E-state index contributed by atoms with van der Waals surface area (Å²) in [4.78, 5) is 9.65. The first-order valence-electron chi connectivity index (χ1n) is 20.5. The van der Waals surface area contributed by atoms with Crippen molar-refractivity contribution in [2.75, 3.05) is 9.80 Å². The van der Waals surface area contributed by atoms with E-state index in [0.717, 1.165) is 11.4 Å². The van der Waals surface area contributed by atoms with Gasteiger partial charge >= 0.3 is 0 Å². The van der Waals surface area contributed by atoms with Gasteiger partial charge in [0.25, 0.3) is 0 Å². The summed E-state index contributed by atoms with van der Waals surface area (Å²) in [7, 11) is -3.03. The van der Waals surface area contributed by atoms with Gasteiger partial charge in [-0.25, -0.2) is 0 Å². The number of nitrogens with zero attached hydrogens (tertiary/aromatic N) is 3. The zero-order chi connectivity index (χ0) is 38.9. The highest BCUT2D eigenvalue weighted by atomic mass is 28.3. The highest BCUT2D eigenvalue weighted by molar-refractivity contribution is 7.27. The Balaban J connectivity index is 1.35. The molecule has 0 atom stereocenters. The minimum absolute atomic E-state index is 0.0219. The molecule has 4 heterocycles. The van der Waals surface area contributed by atoms with Crippen LogP contribution in [-0.4, -0.2) is 26.5 Å². The molecule has 0 aliphatic carbocycles. The first kappa shape index (κ1) is 33.9. The Labute approximate surface area is 347 Å². The van der Waals surface area contributed by atoms with Crippen LogP contribution in [0.4, 0.5) is 34.1 Å². The molecule has 274 valence electrons. The molecule has 3 aliphatic rings. The maximum absolute atomic E-state index is 4.51. The molecule has 9 aromatic rings. The van der Waals surface area contributed by atoms with E-state index in [2.05, 4.69) is 227 Å². The minimum Gasteiger partial charge on any atom is -0.312 e. The molecule has 0 N–H and O–H groups in total. The predicted molar refractivity (Wildman–Crippen MR) is 253 cm³/mol. The zero-order valence-corrected chi connectivity index (χ0v) is 33.4. The van der Waals surface area contributed by atoms with Gasteiger partial charge in [-0.1, -0.05) is 181 Å². The molecule has 3 aliphatic heterocycles. The van der Waals surface area contributed by atoms with Crippen LogP contribution in [0.2, 0.25) is 0 Å². The summed E-state index contributed by atoms with van der Waals surface area (Å²) in [6, 6.07) is 79.7. The summed E-state index contributed by atoms with van der Waals surface area (Å²) in [6.45, 7) is -0.0201. The molecule has 0 saturated carbocycles. The molecular formula is C53H37B2N3Si. The second kappa shape index (κ2) is 13.5. The highest BCUT2D eigenvalue weighted by Gasteiger charge is 2.55. The summed E-state index contributed by atoms with van der Waals surface area (Å²) in [5.41, 5.74) is 15.2. The van der Waals surface area contributed by atoms with E-state index in [1.807, 2.05) is 12.4 Å². The predicted octanol–water partition coefficient (Wildman–Crippen LogP) is 5.37. The van der Waals surface area contributed by atoms with Crippen molar-refractivity contribution in [2.45, 2.75) is 0 Å². The zero-order valence-electron chi connectivity index (χ0n) is 32.4. The number of benzene rings is 8. The smallest absolute Gasteiger partial charge is 0.249 e. The number of hydrogen-bond acceptors (Lipinski definition) is 3. The Morgan fingerprint density at radius 1 is 0.373 bits per heavy atom. The molecule has 8 aromatic carbocycles. The maximum Gasteiger partial charge on any atom is 0.249 e. The minimum atomic E-state index is -3.03. The van der Waals surface area contributed by atoms with Crippen LogP contribution in [-0.2, 0) is 0 Å². The Morgan fingerprint density at radius 3 is 1.51 bits per heavy atom. The lowest BCUT2D eigenvalue weighted by Gasteiger charge is -2.50. The van der Waals surface area contributed by atoms with Crippen LogP contribution >= 0.6 is 0 Å². The van der Waals surface area contributed by atoms with E-state index < -0.39 is 8.07 Å². The fourth-order valence-corrected chi connectivity index (χ4v) is 16.0. The lowest BCUT2D eigenvalue weighted by Crippen LogP contribution is -2.88. The topological polar surface area (TPSA) is 19.4 Å². The third-order valence-corrected chi connectivity index (χ3v) is 17.8. The number of anilines is 6. The van der Waals surface area contributed by atoms with Crippen molar-refractivity contribution >= 4 is 109 Å². The van der Waals surface area contributed by atoms with E-state index in [4.69, 9.17) is 0 Å². The van der Waals surface area contributed by atoms with Crippen molar-refractivity contribution in [1.29, 1.82) is 0 Å². The van der Waals surface area contributed by atoms with E-state index >= 15 is 0 Å². The maximum atomic E-state index is 4.51. The Hall–Kier alpha value is -7.14. The SMILES string of the molecule is c1ccc(B2c3ccccc3N(c3ccncc3)c3cc4c5c(c32)N(c2ccccc2)c2ccccc2B5c2ccccc2[Si]4(c2ccccc2)c2ccccc2)cc1. The molecule has 0 unspecified atom stereocenters. The summed E-state index contributed by atoms with van der Waals surface area (Å²) in [6.07, 6.45) is 3.85. The lowest BCUT2D eigenvalue weighted by atomic mass is 9.30. The van der Waals surface area contributed by atoms with Gasteiger partial charge in [0.2, 0.25) is 13.4 Å². The van der Waals surface area contributed by atoms with Crippen LogP contribution in [0.5, 0.6) is 0 Å². The van der Waals surface area contributed by atoms with Crippen LogP contribution < -0.4 is 63.3 Å². The summed E-state index contributed by atoms with van der Waals surface area (Å²) < 4.78 is 0. The van der Waals surface area contributed by atoms with Crippen LogP contribution in [0.15, 0.2) is 225 Å². The largest absolute Gasteiger partial charge is 0.312 e. The van der Waals surface area contributed by atoms with Crippen LogP contribution in [0.1, 0.15) is 0 Å². The third kappa shape index (κ3) is 4.87.